The van der Waals surface area contributed by atoms with E-state index in [9.17, 15) is 5.11 Å². The van der Waals surface area contributed by atoms with Gasteiger partial charge in [-0.1, -0.05) is 25.1 Å². The lowest BCUT2D eigenvalue weighted by Crippen LogP contribution is -2.28. The molecule has 0 saturated carbocycles. The van der Waals surface area contributed by atoms with Gasteiger partial charge in [-0.2, -0.15) is 0 Å². The number of benzene rings is 1. The van der Waals surface area contributed by atoms with Crippen molar-refractivity contribution in [2.45, 2.75) is 33.3 Å². The quantitative estimate of drug-likeness (QED) is 0.721. The molecule has 1 unspecified atom stereocenters. The maximum absolute atomic E-state index is 10.1. The summed E-state index contributed by atoms with van der Waals surface area (Å²) in [5.74, 6) is 0. The van der Waals surface area contributed by atoms with Crippen molar-refractivity contribution in [1.29, 1.82) is 0 Å². The molecule has 0 aliphatic carbocycles. The molecular weight excluding hydrogens is 226 g/mol. The van der Waals surface area contributed by atoms with Crippen LogP contribution in [0.4, 0.5) is 5.69 Å². The molecule has 0 bridgehead atoms. The summed E-state index contributed by atoms with van der Waals surface area (Å²) in [6, 6.07) is 8.08. The first-order chi connectivity index (χ1) is 8.74. The molecular formula is C15H25NO2. The summed E-state index contributed by atoms with van der Waals surface area (Å²) in [6.45, 7) is 9.38. The molecule has 1 aromatic carbocycles. The smallest absolute Gasteiger partial charge is 0.0807 e. The molecule has 0 fully saturated rings. The summed E-state index contributed by atoms with van der Waals surface area (Å²) in [5, 5.41) is 10.1. The van der Waals surface area contributed by atoms with Crippen molar-refractivity contribution in [2.24, 2.45) is 0 Å². The molecule has 0 aromatic heterocycles. The lowest BCUT2D eigenvalue weighted by atomic mass is 10.0. The number of ether oxygens (including phenoxy) is 1. The van der Waals surface area contributed by atoms with Crippen molar-refractivity contribution in [1.82, 2.24) is 0 Å². The van der Waals surface area contributed by atoms with Gasteiger partial charge in [-0.05, 0) is 26.3 Å². The Morgan fingerprint density at radius 2 is 1.94 bits per heavy atom. The van der Waals surface area contributed by atoms with Crippen molar-refractivity contribution in [3.8, 4) is 0 Å². The number of hydrogen-bond acceptors (Lipinski definition) is 3. The van der Waals surface area contributed by atoms with Gasteiger partial charge in [-0.15, -0.1) is 0 Å². The second kappa shape index (κ2) is 8.11. The first-order valence-corrected chi connectivity index (χ1v) is 6.84. The number of aliphatic hydroxyl groups is 1. The Morgan fingerprint density at radius 3 is 2.56 bits per heavy atom. The molecule has 1 rings (SSSR count). The average molecular weight is 251 g/mol. The molecule has 0 spiro atoms. The topological polar surface area (TPSA) is 32.7 Å². The number of para-hydroxylation sites is 1. The Morgan fingerprint density at radius 1 is 1.22 bits per heavy atom. The molecule has 3 heteroatoms. The maximum Gasteiger partial charge on any atom is 0.0807 e. The van der Waals surface area contributed by atoms with Crippen molar-refractivity contribution < 1.29 is 9.84 Å². The van der Waals surface area contributed by atoms with Gasteiger partial charge in [0.05, 0.1) is 12.7 Å². The predicted octanol–water partition coefficient (Wildman–Crippen LogP) is 2.99. The van der Waals surface area contributed by atoms with Gasteiger partial charge in [0.1, 0.15) is 0 Å². The molecule has 0 aliphatic heterocycles. The zero-order chi connectivity index (χ0) is 13.4. The Kier molecular flexibility index (Phi) is 6.76. The molecule has 1 aromatic rings. The largest absolute Gasteiger partial charge is 0.388 e. The molecule has 0 aliphatic rings. The normalized spacial score (nSPS) is 12.4. The average Bonchev–Trinajstić information content (AvgIpc) is 2.43. The number of aliphatic hydroxyl groups excluding tert-OH is 1. The molecule has 0 radical (unpaired) electrons. The van der Waals surface area contributed by atoms with E-state index in [0.29, 0.717) is 0 Å². The van der Waals surface area contributed by atoms with Gasteiger partial charge >= 0.3 is 0 Å². The van der Waals surface area contributed by atoms with Crippen LogP contribution in [0.1, 0.15) is 38.9 Å². The third-order valence-corrected chi connectivity index (χ3v) is 3.11. The van der Waals surface area contributed by atoms with Crippen LogP contribution in [0.25, 0.3) is 0 Å². The van der Waals surface area contributed by atoms with E-state index >= 15 is 0 Å². The highest BCUT2D eigenvalue weighted by atomic mass is 16.5. The van der Waals surface area contributed by atoms with E-state index < -0.39 is 0 Å². The molecule has 102 valence electrons. The van der Waals surface area contributed by atoms with Crippen LogP contribution in [0.2, 0.25) is 0 Å². The van der Waals surface area contributed by atoms with Crippen LogP contribution in [0.15, 0.2) is 24.3 Å². The van der Waals surface area contributed by atoms with Crippen molar-refractivity contribution in [2.75, 3.05) is 31.2 Å². The lowest BCUT2D eigenvalue weighted by Gasteiger charge is -2.27. The minimum atomic E-state index is -0.387. The van der Waals surface area contributed by atoms with Crippen molar-refractivity contribution >= 4 is 5.69 Å². The van der Waals surface area contributed by atoms with Gasteiger partial charge in [0.2, 0.25) is 0 Å². The Bertz CT molecular complexity index is 341. The molecule has 1 atom stereocenters. The molecule has 3 nitrogen and oxygen atoms in total. The van der Waals surface area contributed by atoms with Gasteiger partial charge < -0.3 is 14.7 Å². The van der Waals surface area contributed by atoms with Gasteiger partial charge in [0.15, 0.2) is 0 Å². The summed E-state index contributed by atoms with van der Waals surface area (Å²) in [6.07, 6.45) is 0.349. The number of rotatable bonds is 8. The minimum absolute atomic E-state index is 0.387. The highest BCUT2D eigenvalue weighted by molar-refractivity contribution is 5.54. The zero-order valence-electron chi connectivity index (χ0n) is 11.7. The second-order valence-electron chi connectivity index (χ2n) is 4.26. The monoisotopic (exact) mass is 251 g/mol. The molecule has 0 amide bonds. The third-order valence-electron chi connectivity index (χ3n) is 3.11. The maximum atomic E-state index is 10.1. The van der Waals surface area contributed by atoms with E-state index in [-0.39, 0.29) is 6.10 Å². The third kappa shape index (κ3) is 4.00. The summed E-state index contributed by atoms with van der Waals surface area (Å²) in [5.41, 5.74) is 2.13. The summed E-state index contributed by atoms with van der Waals surface area (Å²) >= 11 is 0. The molecule has 0 saturated heterocycles. The zero-order valence-corrected chi connectivity index (χ0v) is 11.7. The van der Waals surface area contributed by atoms with Crippen LogP contribution in [0, 0.1) is 0 Å². The number of hydrogen-bond donors (Lipinski definition) is 1. The second-order valence-corrected chi connectivity index (χ2v) is 4.26. The standard InChI is InChI=1S/C15H25NO2/c1-4-15(17)13-9-7-8-10-14(13)16(5-2)11-12-18-6-3/h7-10,15,17H,4-6,11-12H2,1-3H3. The SMILES string of the molecule is CCOCCN(CC)c1ccccc1C(O)CC. The van der Waals surface area contributed by atoms with Crippen LogP contribution in [-0.4, -0.2) is 31.4 Å². The first-order valence-electron chi connectivity index (χ1n) is 6.84. The highest BCUT2D eigenvalue weighted by Crippen LogP contribution is 2.27. The van der Waals surface area contributed by atoms with Crippen molar-refractivity contribution in [3.63, 3.8) is 0 Å². The summed E-state index contributed by atoms with van der Waals surface area (Å²) < 4.78 is 5.41. The molecule has 0 heterocycles. The number of likely N-dealkylation sites (N-methyl/N-ethyl adjacent to an activating group) is 1. The Labute approximate surface area is 110 Å². The van der Waals surface area contributed by atoms with Gasteiger partial charge in [0.25, 0.3) is 0 Å². The van der Waals surface area contributed by atoms with E-state index in [1.807, 2.05) is 32.0 Å². The van der Waals surface area contributed by atoms with Crippen LogP contribution >= 0.6 is 0 Å². The first kappa shape index (κ1) is 15.0. The van der Waals surface area contributed by atoms with Crippen molar-refractivity contribution in [3.05, 3.63) is 29.8 Å². The van der Waals surface area contributed by atoms with E-state index in [0.717, 1.165) is 44.0 Å². The Balaban J connectivity index is 2.83. The van der Waals surface area contributed by atoms with Gasteiger partial charge in [0, 0.05) is 30.9 Å². The predicted molar refractivity (Wildman–Crippen MR) is 76.1 cm³/mol. The van der Waals surface area contributed by atoms with Crippen LogP contribution in [-0.2, 0) is 4.74 Å². The lowest BCUT2D eigenvalue weighted by molar-refractivity contribution is 0.153. The molecule has 1 N–H and O–H groups in total. The number of nitrogens with zero attached hydrogens (tertiary/aromatic N) is 1. The van der Waals surface area contributed by atoms with E-state index in [4.69, 9.17) is 4.74 Å². The summed E-state index contributed by atoms with van der Waals surface area (Å²) in [7, 11) is 0. The molecule has 18 heavy (non-hydrogen) atoms. The van der Waals surface area contributed by atoms with E-state index in [1.54, 1.807) is 0 Å². The minimum Gasteiger partial charge on any atom is -0.388 e. The fourth-order valence-corrected chi connectivity index (χ4v) is 2.05. The fraction of sp³-hybridized carbons (Fsp3) is 0.600. The Hall–Kier alpha value is -1.06. The highest BCUT2D eigenvalue weighted by Gasteiger charge is 2.14. The van der Waals surface area contributed by atoms with Gasteiger partial charge in [-0.25, -0.2) is 0 Å². The van der Waals surface area contributed by atoms with Crippen LogP contribution in [0.5, 0.6) is 0 Å². The van der Waals surface area contributed by atoms with Gasteiger partial charge in [-0.3, -0.25) is 0 Å². The van der Waals surface area contributed by atoms with Crippen LogP contribution in [0.3, 0.4) is 0 Å². The van der Waals surface area contributed by atoms with Crippen LogP contribution < -0.4 is 4.90 Å². The fourth-order valence-electron chi connectivity index (χ4n) is 2.05. The van der Waals surface area contributed by atoms with E-state index in [2.05, 4.69) is 17.9 Å². The summed E-state index contributed by atoms with van der Waals surface area (Å²) in [4.78, 5) is 2.25. The van der Waals surface area contributed by atoms with E-state index in [1.165, 1.54) is 0 Å². The number of anilines is 1.